The maximum Gasteiger partial charge on any atom is 0.485 e. The molecule has 0 aromatic rings. The molecule has 5 nitrogen and oxygen atoms in total. The SMILES string of the molecule is CN(C)S(=O)(=O)C1=C[C@@H]2C(=C2B(O)O)C=C1. The number of allylic oxidation sites excluding steroid dienone is 5. The van der Waals surface area contributed by atoms with Crippen molar-refractivity contribution in [3.63, 3.8) is 0 Å². The van der Waals surface area contributed by atoms with E-state index < -0.39 is 17.1 Å². The Hall–Kier alpha value is -0.885. The van der Waals surface area contributed by atoms with Crippen LogP contribution in [-0.2, 0) is 10.0 Å². The van der Waals surface area contributed by atoms with Crippen molar-refractivity contribution in [1.29, 1.82) is 0 Å². The van der Waals surface area contributed by atoms with Crippen LogP contribution in [0.2, 0.25) is 0 Å². The quantitative estimate of drug-likeness (QED) is 0.638. The van der Waals surface area contributed by atoms with Gasteiger partial charge in [0, 0.05) is 20.0 Å². The Morgan fingerprint density at radius 1 is 1.31 bits per heavy atom. The predicted octanol–water partition coefficient (Wildman–Crippen LogP) is -0.730. The summed E-state index contributed by atoms with van der Waals surface area (Å²) in [5.74, 6) is -0.227. The summed E-state index contributed by atoms with van der Waals surface area (Å²) in [6.45, 7) is 0. The Labute approximate surface area is 94.6 Å². The van der Waals surface area contributed by atoms with E-state index in [0.717, 1.165) is 9.88 Å². The molecule has 7 heteroatoms. The number of hydrogen-bond acceptors (Lipinski definition) is 4. The maximum absolute atomic E-state index is 11.8. The van der Waals surface area contributed by atoms with Gasteiger partial charge in [-0.15, -0.1) is 0 Å². The van der Waals surface area contributed by atoms with Crippen molar-refractivity contribution in [3.05, 3.63) is 34.2 Å². The molecule has 2 rings (SSSR count). The first-order valence-electron chi connectivity index (χ1n) is 4.78. The molecule has 0 saturated heterocycles. The van der Waals surface area contributed by atoms with Gasteiger partial charge in [-0.25, -0.2) is 12.7 Å². The summed E-state index contributed by atoms with van der Waals surface area (Å²) in [6, 6.07) is 0. The minimum atomic E-state index is -3.44. The highest BCUT2D eigenvalue weighted by atomic mass is 32.2. The average Bonchev–Trinajstić information content (AvgIpc) is 2.89. The Morgan fingerprint density at radius 2 is 1.94 bits per heavy atom. The molecule has 86 valence electrons. The summed E-state index contributed by atoms with van der Waals surface area (Å²) in [5, 5.41) is 18.0. The smallest absolute Gasteiger partial charge is 0.423 e. The van der Waals surface area contributed by atoms with Crippen molar-refractivity contribution >= 4 is 17.1 Å². The zero-order valence-corrected chi connectivity index (χ0v) is 9.77. The molecule has 0 aromatic carbocycles. The largest absolute Gasteiger partial charge is 0.485 e. The molecule has 0 bridgehead atoms. The van der Waals surface area contributed by atoms with E-state index in [0.29, 0.717) is 5.47 Å². The predicted molar refractivity (Wildman–Crippen MR) is 60.5 cm³/mol. The van der Waals surface area contributed by atoms with Crippen molar-refractivity contribution in [2.45, 2.75) is 0 Å². The molecule has 1 atom stereocenters. The van der Waals surface area contributed by atoms with Crippen LogP contribution < -0.4 is 0 Å². The Kier molecular flexibility index (Phi) is 2.58. The summed E-state index contributed by atoms with van der Waals surface area (Å²) < 4.78 is 24.7. The number of nitrogens with zero attached hydrogens (tertiary/aromatic N) is 1. The highest BCUT2D eigenvalue weighted by Gasteiger charge is 2.42. The normalized spacial score (nSPS) is 23.3. The molecule has 0 aromatic heterocycles. The van der Waals surface area contributed by atoms with Crippen LogP contribution >= 0.6 is 0 Å². The van der Waals surface area contributed by atoms with Crippen molar-refractivity contribution < 1.29 is 18.5 Å². The lowest BCUT2D eigenvalue weighted by molar-refractivity contribution is 0.420. The summed E-state index contributed by atoms with van der Waals surface area (Å²) >= 11 is 0. The molecule has 2 aliphatic rings. The molecule has 0 aliphatic heterocycles. The van der Waals surface area contributed by atoms with Crippen LogP contribution in [0.4, 0.5) is 0 Å². The van der Waals surface area contributed by atoms with E-state index in [-0.39, 0.29) is 10.8 Å². The second kappa shape index (κ2) is 3.56. The Balaban J connectivity index is 2.27. The van der Waals surface area contributed by atoms with Gasteiger partial charge in [0.05, 0.1) is 4.91 Å². The standard InChI is InChI=1S/C9H12BNO4S/c1-11(2)16(14,15)6-3-4-7-8(5-6)9(7)10(12)13/h3-5,8,12-13H,1-2H3/t8-/m1/s1. The molecule has 0 fully saturated rings. The Morgan fingerprint density at radius 3 is 2.44 bits per heavy atom. The number of hydrogen-bond donors (Lipinski definition) is 2. The summed E-state index contributed by atoms with van der Waals surface area (Å²) in [6.07, 6.45) is 4.64. The van der Waals surface area contributed by atoms with E-state index in [1.165, 1.54) is 20.2 Å². The number of rotatable bonds is 3. The second-order valence-electron chi connectivity index (χ2n) is 3.95. The molecule has 2 N–H and O–H groups in total. The molecule has 0 unspecified atom stereocenters. The third-order valence-corrected chi connectivity index (χ3v) is 4.56. The van der Waals surface area contributed by atoms with E-state index in [1.54, 1.807) is 12.2 Å². The second-order valence-corrected chi connectivity index (χ2v) is 6.10. The fourth-order valence-corrected chi connectivity index (χ4v) is 2.71. The van der Waals surface area contributed by atoms with Gasteiger partial charge in [0.25, 0.3) is 0 Å². The fraction of sp³-hybridized carbons (Fsp3) is 0.333. The molecule has 0 amide bonds. The summed E-state index contributed by atoms with van der Waals surface area (Å²) in [5.41, 5.74) is 1.29. The lowest BCUT2D eigenvalue weighted by atomic mass is 9.84. The van der Waals surface area contributed by atoms with Crippen LogP contribution in [-0.4, -0.2) is 44.0 Å². The first-order valence-corrected chi connectivity index (χ1v) is 6.22. The number of sulfonamides is 1. The topological polar surface area (TPSA) is 77.8 Å². The third kappa shape index (κ3) is 1.65. The molecule has 0 spiro atoms. The van der Waals surface area contributed by atoms with Crippen LogP contribution in [0, 0.1) is 5.92 Å². The Bertz CT molecular complexity index is 516. The molecule has 0 saturated carbocycles. The summed E-state index contributed by atoms with van der Waals surface area (Å²) in [4.78, 5) is 0.196. The van der Waals surface area contributed by atoms with Gasteiger partial charge < -0.3 is 10.0 Å². The van der Waals surface area contributed by atoms with Crippen molar-refractivity contribution in [2.24, 2.45) is 5.92 Å². The van der Waals surface area contributed by atoms with Crippen LogP contribution in [0.5, 0.6) is 0 Å². The van der Waals surface area contributed by atoms with Gasteiger partial charge in [-0.05, 0) is 17.1 Å². The van der Waals surface area contributed by atoms with Gasteiger partial charge in [-0.1, -0.05) is 12.2 Å². The van der Waals surface area contributed by atoms with E-state index in [1.807, 2.05) is 0 Å². The van der Waals surface area contributed by atoms with E-state index in [4.69, 9.17) is 10.0 Å². The zero-order valence-electron chi connectivity index (χ0n) is 8.95. The average molecular weight is 241 g/mol. The van der Waals surface area contributed by atoms with Gasteiger partial charge in [0.15, 0.2) is 0 Å². The van der Waals surface area contributed by atoms with Gasteiger partial charge in [-0.2, -0.15) is 0 Å². The maximum atomic E-state index is 11.8. The van der Waals surface area contributed by atoms with Gasteiger partial charge >= 0.3 is 7.12 Å². The fourth-order valence-electron chi connectivity index (χ4n) is 1.74. The highest BCUT2D eigenvalue weighted by Crippen LogP contribution is 2.45. The monoisotopic (exact) mass is 241 g/mol. The van der Waals surface area contributed by atoms with E-state index in [2.05, 4.69) is 0 Å². The van der Waals surface area contributed by atoms with Crippen LogP contribution in [0.1, 0.15) is 0 Å². The zero-order chi connectivity index (χ0) is 12.1. The van der Waals surface area contributed by atoms with E-state index >= 15 is 0 Å². The van der Waals surface area contributed by atoms with Crippen molar-refractivity contribution in [1.82, 2.24) is 4.31 Å². The summed E-state index contributed by atoms with van der Waals surface area (Å²) in [7, 11) is -2.02. The minimum absolute atomic E-state index is 0.196. The first-order chi connectivity index (χ1) is 7.35. The van der Waals surface area contributed by atoms with Crippen LogP contribution in [0.15, 0.2) is 34.2 Å². The number of fused-ring (bicyclic) bond motifs is 1. The molecule has 2 aliphatic carbocycles. The van der Waals surface area contributed by atoms with Gasteiger partial charge in [0.1, 0.15) is 0 Å². The molecule has 0 heterocycles. The molecule has 0 radical (unpaired) electrons. The molecule has 16 heavy (non-hydrogen) atoms. The van der Waals surface area contributed by atoms with E-state index in [9.17, 15) is 8.42 Å². The van der Waals surface area contributed by atoms with Crippen molar-refractivity contribution in [2.75, 3.05) is 14.1 Å². The minimum Gasteiger partial charge on any atom is -0.423 e. The van der Waals surface area contributed by atoms with Gasteiger partial charge in [-0.3, -0.25) is 0 Å². The lowest BCUT2D eigenvalue weighted by Gasteiger charge is -2.13. The van der Waals surface area contributed by atoms with Gasteiger partial charge in [0.2, 0.25) is 10.0 Å². The van der Waals surface area contributed by atoms with Crippen LogP contribution in [0.25, 0.3) is 0 Å². The van der Waals surface area contributed by atoms with Crippen LogP contribution in [0.3, 0.4) is 0 Å². The third-order valence-electron chi connectivity index (χ3n) is 2.73. The lowest BCUT2D eigenvalue weighted by Crippen LogP contribution is -2.23. The highest BCUT2D eigenvalue weighted by molar-refractivity contribution is 7.93. The molecular formula is C9H12BNO4S. The first kappa shape index (κ1) is 11.6. The molecular weight excluding hydrogens is 229 g/mol. The van der Waals surface area contributed by atoms with Crippen molar-refractivity contribution in [3.8, 4) is 0 Å².